The number of carbonyl (C=O) groups is 1. The fraction of sp³-hybridized carbons (Fsp3) is 0.562. The molecule has 4 N–H and O–H groups in total. The van der Waals surface area contributed by atoms with Gasteiger partial charge < -0.3 is 30.1 Å². The molecule has 0 aromatic heterocycles. The monoisotopic (exact) mass is 325 g/mol. The lowest BCUT2D eigenvalue weighted by atomic mass is 9.67. The molecule has 1 aromatic rings. The Kier molecular flexibility index (Phi) is 5.59. The second-order valence-electron chi connectivity index (χ2n) is 6.09. The molecule has 0 unspecified atom stereocenters. The Morgan fingerprint density at radius 1 is 0.957 bits per heavy atom. The Morgan fingerprint density at radius 3 is 1.87 bits per heavy atom. The molecular formula is C16H23NO6. The Labute approximate surface area is 134 Å². The van der Waals surface area contributed by atoms with Crippen molar-refractivity contribution in [2.45, 2.75) is 6.61 Å². The number of hydrogen-bond acceptors (Lipinski definition) is 6. The van der Waals surface area contributed by atoms with Crippen molar-refractivity contribution in [3.8, 4) is 0 Å². The minimum Gasteiger partial charge on any atom is -0.445 e. The van der Waals surface area contributed by atoms with Gasteiger partial charge in [-0.05, 0) is 5.56 Å². The molecule has 23 heavy (non-hydrogen) atoms. The van der Waals surface area contributed by atoms with Gasteiger partial charge in [0, 0.05) is 23.9 Å². The molecule has 7 heteroatoms. The predicted molar refractivity (Wildman–Crippen MR) is 81.4 cm³/mol. The van der Waals surface area contributed by atoms with Crippen molar-refractivity contribution in [2.24, 2.45) is 10.8 Å². The van der Waals surface area contributed by atoms with E-state index in [1.807, 2.05) is 30.3 Å². The number of ether oxygens (including phenoxy) is 1. The van der Waals surface area contributed by atoms with Gasteiger partial charge in [-0.2, -0.15) is 0 Å². The zero-order valence-electron chi connectivity index (χ0n) is 12.9. The van der Waals surface area contributed by atoms with E-state index in [0.717, 1.165) is 5.56 Å². The summed E-state index contributed by atoms with van der Waals surface area (Å²) in [7, 11) is 0. The van der Waals surface area contributed by atoms with Crippen LogP contribution < -0.4 is 0 Å². The van der Waals surface area contributed by atoms with Crippen LogP contribution in [0.15, 0.2) is 30.3 Å². The molecule has 1 aromatic carbocycles. The summed E-state index contributed by atoms with van der Waals surface area (Å²) in [6.45, 7) is -1.68. The fourth-order valence-corrected chi connectivity index (χ4v) is 3.03. The maximum atomic E-state index is 12.2. The van der Waals surface area contributed by atoms with Gasteiger partial charge in [0.1, 0.15) is 6.61 Å². The number of amides is 1. The lowest BCUT2D eigenvalue weighted by Crippen LogP contribution is -2.51. The third kappa shape index (κ3) is 3.18. The smallest absolute Gasteiger partial charge is 0.410 e. The molecule has 0 spiro atoms. The van der Waals surface area contributed by atoms with Crippen LogP contribution >= 0.6 is 0 Å². The third-order valence-electron chi connectivity index (χ3n) is 4.79. The Bertz CT molecular complexity index is 493. The van der Waals surface area contributed by atoms with Crippen LogP contribution in [0.25, 0.3) is 0 Å². The summed E-state index contributed by atoms with van der Waals surface area (Å²) in [6, 6.07) is 9.19. The van der Waals surface area contributed by atoms with Crippen molar-refractivity contribution in [1.82, 2.24) is 4.90 Å². The molecule has 1 heterocycles. The number of benzene rings is 1. The van der Waals surface area contributed by atoms with Crippen molar-refractivity contribution in [3.63, 3.8) is 0 Å². The summed E-state index contributed by atoms with van der Waals surface area (Å²) < 4.78 is 5.24. The molecule has 128 valence electrons. The summed E-state index contributed by atoms with van der Waals surface area (Å²) in [5, 5.41) is 38.6. The van der Waals surface area contributed by atoms with E-state index in [0.29, 0.717) is 0 Å². The average Bonchev–Trinajstić information content (AvgIpc) is 2.96. The van der Waals surface area contributed by atoms with Gasteiger partial charge in [-0.15, -0.1) is 0 Å². The van der Waals surface area contributed by atoms with Gasteiger partial charge in [0.2, 0.25) is 0 Å². The molecule has 7 nitrogen and oxygen atoms in total. The molecule has 0 atom stereocenters. The predicted octanol–water partition coefficient (Wildman–Crippen LogP) is -0.419. The first-order valence-electron chi connectivity index (χ1n) is 7.45. The van der Waals surface area contributed by atoms with Crippen LogP contribution in [-0.4, -0.2) is 70.9 Å². The number of aliphatic hydroxyl groups is 4. The Balaban J connectivity index is 2.07. The number of rotatable bonds is 6. The SMILES string of the molecule is O=C(OCc1ccccc1)N1CC(CO)(CO)C(CO)(CO)C1. The van der Waals surface area contributed by atoms with E-state index in [9.17, 15) is 25.2 Å². The van der Waals surface area contributed by atoms with Crippen molar-refractivity contribution < 1.29 is 30.0 Å². The van der Waals surface area contributed by atoms with Crippen LogP contribution in [0, 0.1) is 10.8 Å². The maximum absolute atomic E-state index is 12.2. The average molecular weight is 325 g/mol. The Morgan fingerprint density at radius 2 is 1.43 bits per heavy atom. The van der Waals surface area contributed by atoms with E-state index in [4.69, 9.17) is 4.74 Å². The van der Waals surface area contributed by atoms with E-state index >= 15 is 0 Å². The maximum Gasteiger partial charge on any atom is 0.410 e. The minimum atomic E-state index is -1.16. The highest BCUT2D eigenvalue weighted by atomic mass is 16.6. The molecule has 1 aliphatic heterocycles. The molecule has 1 aliphatic rings. The highest BCUT2D eigenvalue weighted by Crippen LogP contribution is 2.45. The first-order chi connectivity index (χ1) is 11.1. The topological polar surface area (TPSA) is 110 Å². The number of carbonyl (C=O) groups excluding carboxylic acids is 1. The van der Waals surface area contributed by atoms with E-state index in [1.54, 1.807) is 0 Å². The van der Waals surface area contributed by atoms with Crippen molar-refractivity contribution in [3.05, 3.63) is 35.9 Å². The zero-order valence-corrected chi connectivity index (χ0v) is 12.9. The van der Waals surface area contributed by atoms with Gasteiger partial charge >= 0.3 is 6.09 Å². The lowest BCUT2D eigenvalue weighted by Gasteiger charge is -2.39. The van der Waals surface area contributed by atoms with Crippen LogP contribution in [0.2, 0.25) is 0 Å². The minimum absolute atomic E-state index is 0.00867. The molecule has 0 radical (unpaired) electrons. The molecular weight excluding hydrogens is 302 g/mol. The number of hydrogen-bond donors (Lipinski definition) is 4. The van der Waals surface area contributed by atoms with Crippen molar-refractivity contribution in [1.29, 1.82) is 0 Å². The van der Waals surface area contributed by atoms with Crippen LogP contribution in [0.5, 0.6) is 0 Å². The first kappa shape index (κ1) is 17.7. The van der Waals surface area contributed by atoms with Crippen LogP contribution in [0.4, 0.5) is 4.79 Å². The molecule has 0 saturated carbocycles. The van der Waals surface area contributed by atoms with Gasteiger partial charge in [0.15, 0.2) is 0 Å². The number of nitrogens with zero attached hydrogens (tertiary/aromatic N) is 1. The van der Waals surface area contributed by atoms with E-state index in [2.05, 4.69) is 0 Å². The summed E-state index contributed by atoms with van der Waals surface area (Å²) in [4.78, 5) is 13.5. The second kappa shape index (κ2) is 7.27. The third-order valence-corrected chi connectivity index (χ3v) is 4.79. The largest absolute Gasteiger partial charge is 0.445 e. The van der Waals surface area contributed by atoms with Gasteiger partial charge in [-0.25, -0.2) is 4.79 Å². The second-order valence-corrected chi connectivity index (χ2v) is 6.09. The number of likely N-dealkylation sites (tertiary alicyclic amines) is 1. The van der Waals surface area contributed by atoms with Crippen molar-refractivity contribution >= 4 is 6.09 Å². The molecule has 1 saturated heterocycles. The van der Waals surface area contributed by atoms with Gasteiger partial charge in [0.25, 0.3) is 0 Å². The highest BCUT2D eigenvalue weighted by molar-refractivity contribution is 5.68. The highest BCUT2D eigenvalue weighted by Gasteiger charge is 2.58. The van der Waals surface area contributed by atoms with Crippen LogP contribution in [0.3, 0.4) is 0 Å². The quantitative estimate of drug-likeness (QED) is 0.565. The summed E-state index contributed by atoms with van der Waals surface area (Å²) in [5.41, 5.74) is -1.49. The fourth-order valence-electron chi connectivity index (χ4n) is 3.03. The summed E-state index contributed by atoms with van der Waals surface area (Å²) in [5.74, 6) is 0. The van der Waals surface area contributed by atoms with Crippen LogP contribution in [-0.2, 0) is 11.3 Å². The van der Waals surface area contributed by atoms with Gasteiger partial charge in [0.05, 0.1) is 26.4 Å². The van der Waals surface area contributed by atoms with E-state index in [1.165, 1.54) is 4.90 Å². The summed E-state index contributed by atoms with van der Waals surface area (Å²) >= 11 is 0. The lowest BCUT2D eigenvalue weighted by molar-refractivity contribution is -0.0783. The Hall–Kier alpha value is -1.67. The molecule has 2 rings (SSSR count). The molecule has 0 aliphatic carbocycles. The van der Waals surface area contributed by atoms with Crippen LogP contribution in [0.1, 0.15) is 5.56 Å². The van der Waals surface area contributed by atoms with Crippen molar-refractivity contribution in [2.75, 3.05) is 39.5 Å². The number of aliphatic hydroxyl groups excluding tert-OH is 4. The molecule has 1 fully saturated rings. The molecule has 1 amide bonds. The standard InChI is InChI=1S/C16H23NO6/c18-9-15(10-19)7-17(8-16(15,11-20)12-21)14(22)23-6-13-4-2-1-3-5-13/h1-5,18-21H,6-12H2. The van der Waals surface area contributed by atoms with E-state index < -0.39 is 43.4 Å². The zero-order chi connectivity index (χ0) is 16.9. The van der Waals surface area contributed by atoms with E-state index in [-0.39, 0.29) is 19.7 Å². The first-order valence-corrected chi connectivity index (χ1v) is 7.45. The molecule has 0 bridgehead atoms. The summed E-state index contributed by atoms with van der Waals surface area (Å²) in [6.07, 6.45) is -0.607. The normalized spacial score (nSPS) is 18.9. The van der Waals surface area contributed by atoms with Gasteiger partial charge in [-0.1, -0.05) is 30.3 Å². The van der Waals surface area contributed by atoms with Gasteiger partial charge in [-0.3, -0.25) is 0 Å².